The maximum absolute atomic E-state index is 14.5. The number of nitrogens with zero attached hydrogens (tertiary/aromatic N) is 5. The molecular formula is C35H42N6O6S. The minimum Gasteiger partial charge on any atom is -0.504 e. The summed E-state index contributed by atoms with van der Waals surface area (Å²) in [7, 11) is -2.32. The third-order valence-electron chi connectivity index (χ3n) is 9.45. The number of phenolic OH excluding ortho intramolecular Hbond substituents is 1. The number of amides is 2. The molecule has 1 aromatic heterocycles. The number of phenols is 1. The summed E-state index contributed by atoms with van der Waals surface area (Å²) in [5, 5.41) is 22.3. The van der Waals surface area contributed by atoms with E-state index in [0.29, 0.717) is 41.3 Å². The number of aromatic hydroxyl groups is 1. The Balaban J connectivity index is 1.41. The number of fused-ring (bicyclic) bond motifs is 1. The second kappa shape index (κ2) is 14.3. The lowest BCUT2D eigenvalue weighted by Gasteiger charge is -2.34. The van der Waals surface area contributed by atoms with Crippen molar-refractivity contribution in [2.45, 2.75) is 75.4 Å². The average Bonchev–Trinajstić information content (AvgIpc) is 3.50. The van der Waals surface area contributed by atoms with Crippen LogP contribution in [0.15, 0.2) is 71.6 Å². The van der Waals surface area contributed by atoms with E-state index in [1.807, 2.05) is 18.2 Å². The van der Waals surface area contributed by atoms with Crippen molar-refractivity contribution in [3.63, 3.8) is 0 Å². The zero-order valence-corrected chi connectivity index (χ0v) is 28.1. The molecular weight excluding hydrogens is 632 g/mol. The molecule has 6 rings (SSSR count). The van der Waals surface area contributed by atoms with Crippen LogP contribution in [0.4, 0.5) is 5.69 Å². The minimum atomic E-state index is -3.75. The Morgan fingerprint density at radius 1 is 1.00 bits per heavy atom. The maximum atomic E-state index is 14.5. The van der Waals surface area contributed by atoms with Gasteiger partial charge in [0.25, 0.3) is 0 Å². The number of carbonyl (C=O) groups is 2. The van der Waals surface area contributed by atoms with Gasteiger partial charge in [-0.15, -0.1) is 5.10 Å². The van der Waals surface area contributed by atoms with Gasteiger partial charge in [-0.3, -0.25) is 14.5 Å². The van der Waals surface area contributed by atoms with Crippen LogP contribution in [0, 0.1) is 5.92 Å². The van der Waals surface area contributed by atoms with Gasteiger partial charge in [-0.25, -0.2) is 13.1 Å². The Kier molecular flexibility index (Phi) is 9.97. The molecule has 254 valence electrons. The third kappa shape index (κ3) is 7.02. The van der Waals surface area contributed by atoms with E-state index >= 15 is 0 Å². The van der Waals surface area contributed by atoms with Crippen molar-refractivity contribution in [1.82, 2.24) is 24.6 Å². The van der Waals surface area contributed by atoms with Crippen molar-refractivity contribution >= 4 is 38.6 Å². The number of ether oxygens (including phenoxy) is 1. The molecule has 2 heterocycles. The van der Waals surface area contributed by atoms with E-state index in [2.05, 4.69) is 22.6 Å². The predicted octanol–water partition coefficient (Wildman–Crippen LogP) is 4.79. The van der Waals surface area contributed by atoms with E-state index in [4.69, 9.17) is 4.74 Å². The largest absolute Gasteiger partial charge is 0.504 e. The first-order chi connectivity index (χ1) is 23.2. The Morgan fingerprint density at radius 3 is 2.40 bits per heavy atom. The van der Waals surface area contributed by atoms with Crippen molar-refractivity contribution in [1.29, 1.82) is 0 Å². The van der Waals surface area contributed by atoms with Gasteiger partial charge < -0.3 is 15.2 Å². The Hall–Kier alpha value is -4.49. The van der Waals surface area contributed by atoms with Crippen LogP contribution in [0.2, 0.25) is 0 Å². The molecule has 0 spiro atoms. The summed E-state index contributed by atoms with van der Waals surface area (Å²) in [4.78, 5) is 30.3. The minimum absolute atomic E-state index is 0.0587. The highest BCUT2D eigenvalue weighted by Gasteiger charge is 2.36. The molecule has 48 heavy (non-hydrogen) atoms. The lowest BCUT2D eigenvalue weighted by atomic mass is 9.94. The Bertz CT molecular complexity index is 1860. The number of sulfonamides is 1. The number of hydrogen-bond acceptors (Lipinski definition) is 8. The van der Waals surface area contributed by atoms with Gasteiger partial charge in [0.2, 0.25) is 21.8 Å². The molecule has 4 aromatic rings. The standard InChI is InChI=1S/C35H42N6O6S/c1-24-18-20-39(21-19-24)48(45,46)28-15-13-27(14-16-28)41(33(43)23-40-30-11-7-6-10-29(30)37-38-40)34(25-12-17-32(47-2)31(42)22-25)35(44)36-26-8-4-3-5-9-26/h6-7,10-17,22,24,26,34,42H,3-5,8-9,18-21,23H2,1-2H3,(H,36,44)/t34-/m0/s1. The normalized spacial score (nSPS) is 17.2. The molecule has 0 unspecified atom stereocenters. The molecule has 1 aliphatic heterocycles. The fourth-order valence-electron chi connectivity index (χ4n) is 6.65. The fraction of sp³-hybridized carbons (Fsp3) is 0.429. The number of hydrogen-bond donors (Lipinski definition) is 2. The van der Waals surface area contributed by atoms with E-state index in [1.165, 1.54) is 39.2 Å². The van der Waals surface area contributed by atoms with E-state index in [1.54, 1.807) is 30.3 Å². The van der Waals surface area contributed by atoms with Gasteiger partial charge in [-0.2, -0.15) is 4.31 Å². The first kappa shape index (κ1) is 33.4. The number of carbonyl (C=O) groups excluding carboxylic acids is 2. The lowest BCUT2D eigenvalue weighted by Crippen LogP contribution is -2.48. The van der Waals surface area contributed by atoms with Crippen molar-refractivity contribution in [3.8, 4) is 11.5 Å². The van der Waals surface area contributed by atoms with Crippen LogP contribution in [0.25, 0.3) is 11.0 Å². The summed E-state index contributed by atoms with van der Waals surface area (Å²) >= 11 is 0. The highest BCUT2D eigenvalue weighted by Crippen LogP contribution is 2.35. The van der Waals surface area contributed by atoms with Gasteiger partial charge in [0.15, 0.2) is 11.5 Å². The first-order valence-corrected chi connectivity index (χ1v) is 18.0. The number of benzene rings is 3. The van der Waals surface area contributed by atoms with Crippen molar-refractivity contribution in [2.75, 3.05) is 25.1 Å². The van der Waals surface area contributed by atoms with Crippen molar-refractivity contribution < 1.29 is 27.9 Å². The van der Waals surface area contributed by atoms with Gasteiger partial charge in [-0.05, 0) is 85.7 Å². The molecule has 2 fully saturated rings. The highest BCUT2D eigenvalue weighted by molar-refractivity contribution is 7.89. The fourth-order valence-corrected chi connectivity index (χ4v) is 8.12. The average molecular weight is 675 g/mol. The zero-order chi connectivity index (χ0) is 33.8. The van der Waals surface area contributed by atoms with Crippen LogP contribution in [-0.2, 0) is 26.2 Å². The summed E-state index contributed by atoms with van der Waals surface area (Å²) in [5.41, 5.74) is 1.94. The molecule has 3 aromatic carbocycles. The van der Waals surface area contributed by atoms with E-state index < -0.39 is 27.9 Å². The SMILES string of the molecule is COc1ccc([C@@H](C(=O)NC2CCCCC2)N(C(=O)Cn2nnc3ccccc32)c2ccc(S(=O)(=O)N3CCC(C)CC3)cc2)cc1O. The Labute approximate surface area is 280 Å². The van der Waals surface area contributed by atoms with Crippen molar-refractivity contribution in [2.24, 2.45) is 5.92 Å². The quantitative estimate of drug-likeness (QED) is 0.244. The summed E-state index contributed by atoms with van der Waals surface area (Å²) in [6.07, 6.45) is 6.33. The summed E-state index contributed by atoms with van der Waals surface area (Å²) in [6, 6.07) is 16.7. The zero-order valence-electron chi connectivity index (χ0n) is 27.3. The van der Waals surface area contributed by atoms with Crippen LogP contribution < -0.4 is 15.0 Å². The molecule has 2 aliphatic rings. The molecule has 13 heteroatoms. The van der Waals surface area contributed by atoms with E-state index in [-0.39, 0.29) is 29.0 Å². The van der Waals surface area contributed by atoms with Crippen LogP contribution >= 0.6 is 0 Å². The molecule has 1 atom stereocenters. The monoisotopic (exact) mass is 674 g/mol. The van der Waals surface area contributed by atoms with Gasteiger partial charge in [-0.1, -0.05) is 49.6 Å². The molecule has 1 aliphatic carbocycles. The summed E-state index contributed by atoms with van der Waals surface area (Å²) in [5.74, 6) is -0.390. The molecule has 2 N–H and O–H groups in total. The van der Waals surface area contributed by atoms with Gasteiger partial charge in [0, 0.05) is 24.8 Å². The molecule has 0 radical (unpaired) electrons. The number of rotatable bonds is 10. The second-order valence-corrected chi connectivity index (χ2v) is 14.7. The van der Waals surface area contributed by atoms with Gasteiger partial charge in [0.1, 0.15) is 18.1 Å². The molecule has 1 saturated carbocycles. The van der Waals surface area contributed by atoms with Crippen molar-refractivity contribution in [3.05, 3.63) is 72.3 Å². The Morgan fingerprint density at radius 2 is 1.71 bits per heavy atom. The predicted molar refractivity (Wildman–Crippen MR) is 181 cm³/mol. The molecule has 2 amide bonds. The van der Waals surface area contributed by atoms with Gasteiger partial charge >= 0.3 is 0 Å². The number of para-hydroxylation sites is 1. The summed E-state index contributed by atoms with van der Waals surface area (Å²) < 4.78 is 35.3. The number of anilines is 1. The topological polar surface area (TPSA) is 147 Å². The smallest absolute Gasteiger partial charge is 0.249 e. The third-order valence-corrected chi connectivity index (χ3v) is 11.4. The molecule has 0 bridgehead atoms. The van der Waals surface area contributed by atoms with Crippen LogP contribution in [0.3, 0.4) is 0 Å². The van der Waals surface area contributed by atoms with E-state index in [0.717, 1.165) is 44.9 Å². The van der Waals surface area contributed by atoms with E-state index in [9.17, 15) is 23.1 Å². The van der Waals surface area contributed by atoms with Crippen LogP contribution in [-0.4, -0.2) is 70.9 Å². The van der Waals surface area contributed by atoms with Crippen LogP contribution in [0.1, 0.15) is 63.5 Å². The summed E-state index contributed by atoms with van der Waals surface area (Å²) in [6.45, 7) is 2.77. The molecule has 12 nitrogen and oxygen atoms in total. The van der Waals surface area contributed by atoms with Crippen LogP contribution in [0.5, 0.6) is 11.5 Å². The number of methoxy groups -OCH3 is 1. The first-order valence-electron chi connectivity index (χ1n) is 16.5. The number of aromatic nitrogens is 3. The highest BCUT2D eigenvalue weighted by atomic mass is 32.2. The molecule has 1 saturated heterocycles. The second-order valence-electron chi connectivity index (χ2n) is 12.8. The number of piperidine rings is 1. The lowest BCUT2D eigenvalue weighted by molar-refractivity contribution is -0.127. The number of nitrogens with one attached hydrogen (secondary N) is 1. The maximum Gasteiger partial charge on any atom is 0.249 e. The van der Waals surface area contributed by atoms with Gasteiger partial charge in [0.05, 0.1) is 17.5 Å².